The van der Waals surface area contributed by atoms with Crippen molar-refractivity contribution in [1.29, 1.82) is 0 Å². The Labute approximate surface area is 196 Å². The summed E-state index contributed by atoms with van der Waals surface area (Å²) in [4.78, 5) is 33.5. The summed E-state index contributed by atoms with van der Waals surface area (Å²) in [7, 11) is 0. The lowest BCUT2D eigenvalue weighted by Gasteiger charge is -2.18. The van der Waals surface area contributed by atoms with E-state index in [2.05, 4.69) is 17.4 Å². The van der Waals surface area contributed by atoms with Crippen LogP contribution >= 0.6 is 23.1 Å². The highest BCUT2D eigenvalue weighted by molar-refractivity contribution is 8.00. The van der Waals surface area contributed by atoms with Crippen LogP contribution in [-0.4, -0.2) is 26.8 Å². The highest BCUT2D eigenvalue weighted by Crippen LogP contribution is 2.36. The number of rotatable bonds is 7. The standard InChI is InChI=1S/C25H29N3O2S2/c1-16(22(29)26-18-10-5-6-11-18)31-25-27-23-21(19-12-7-13-20(19)32-23)24(30)28(25)15-14-17-8-3-2-4-9-17/h2-4,8-9,16,18H,5-7,10-15H2,1H3,(H,26,29). The summed E-state index contributed by atoms with van der Waals surface area (Å²) in [6.45, 7) is 2.48. The zero-order chi connectivity index (χ0) is 22.1. The van der Waals surface area contributed by atoms with Crippen LogP contribution in [0.3, 0.4) is 0 Å². The number of benzene rings is 1. The van der Waals surface area contributed by atoms with Crippen molar-refractivity contribution in [2.45, 2.75) is 81.3 Å². The third-order valence-corrected chi connectivity index (χ3v) is 8.89. The third kappa shape index (κ3) is 4.37. The van der Waals surface area contributed by atoms with Crippen molar-refractivity contribution >= 4 is 39.2 Å². The maximum absolute atomic E-state index is 13.6. The van der Waals surface area contributed by atoms with Gasteiger partial charge in [-0.15, -0.1) is 11.3 Å². The van der Waals surface area contributed by atoms with Gasteiger partial charge in [-0.3, -0.25) is 14.2 Å². The van der Waals surface area contributed by atoms with Crippen molar-refractivity contribution in [2.24, 2.45) is 0 Å². The third-order valence-electron chi connectivity index (χ3n) is 6.61. The molecule has 1 amide bonds. The number of aryl methyl sites for hydroxylation is 3. The fraction of sp³-hybridized carbons (Fsp3) is 0.480. The van der Waals surface area contributed by atoms with Crippen LogP contribution in [0.15, 0.2) is 40.3 Å². The van der Waals surface area contributed by atoms with Gasteiger partial charge < -0.3 is 5.32 Å². The molecule has 1 N–H and O–H groups in total. The number of hydrogen-bond donors (Lipinski definition) is 1. The lowest BCUT2D eigenvalue weighted by molar-refractivity contribution is -0.120. The Bertz CT molecular complexity index is 1180. The van der Waals surface area contributed by atoms with Crippen LogP contribution in [0.25, 0.3) is 10.2 Å². The average molecular weight is 468 g/mol. The van der Waals surface area contributed by atoms with Gasteiger partial charge >= 0.3 is 0 Å². The highest BCUT2D eigenvalue weighted by Gasteiger charge is 2.26. The van der Waals surface area contributed by atoms with Crippen LogP contribution in [0.4, 0.5) is 0 Å². The predicted octanol–water partition coefficient (Wildman–Crippen LogP) is 4.73. The molecule has 5 nitrogen and oxygen atoms in total. The highest BCUT2D eigenvalue weighted by atomic mass is 32.2. The Hall–Kier alpha value is -2.12. The first kappa shape index (κ1) is 21.7. The maximum atomic E-state index is 13.6. The molecule has 1 fully saturated rings. The van der Waals surface area contributed by atoms with Crippen molar-refractivity contribution < 1.29 is 4.79 Å². The van der Waals surface area contributed by atoms with E-state index in [4.69, 9.17) is 4.98 Å². The van der Waals surface area contributed by atoms with E-state index in [9.17, 15) is 9.59 Å². The Morgan fingerprint density at radius 3 is 2.78 bits per heavy atom. The Balaban J connectivity index is 1.45. The van der Waals surface area contributed by atoms with Gasteiger partial charge in [0.1, 0.15) is 4.83 Å². The summed E-state index contributed by atoms with van der Waals surface area (Å²) in [6.07, 6.45) is 8.40. The van der Waals surface area contributed by atoms with Crippen LogP contribution in [-0.2, 0) is 30.6 Å². The molecule has 0 spiro atoms. The molecular formula is C25H29N3O2S2. The number of nitrogens with one attached hydrogen (secondary N) is 1. The molecule has 0 bridgehead atoms. The van der Waals surface area contributed by atoms with Gasteiger partial charge in [-0.25, -0.2) is 4.98 Å². The molecule has 1 unspecified atom stereocenters. The first-order valence-corrected chi connectivity index (χ1v) is 13.4. The number of amides is 1. The molecule has 2 heterocycles. The van der Waals surface area contributed by atoms with Crippen LogP contribution in [0.1, 0.15) is 55.0 Å². The van der Waals surface area contributed by atoms with Gasteiger partial charge in [0.25, 0.3) is 5.56 Å². The molecule has 0 radical (unpaired) electrons. The molecule has 1 aromatic carbocycles. The van der Waals surface area contributed by atoms with Crippen molar-refractivity contribution in [1.82, 2.24) is 14.9 Å². The molecular weight excluding hydrogens is 438 g/mol. The average Bonchev–Trinajstić information content (AvgIpc) is 3.52. The summed E-state index contributed by atoms with van der Waals surface area (Å²) in [5.74, 6) is 0.0412. The van der Waals surface area contributed by atoms with Crippen LogP contribution < -0.4 is 10.9 Å². The van der Waals surface area contributed by atoms with Gasteiger partial charge in [0.15, 0.2) is 5.16 Å². The Morgan fingerprint density at radius 1 is 1.22 bits per heavy atom. The van der Waals surface area contributed by atoms with Crippen molar-refractivity contribution in [3.05, 3.63) is 56.7 Å². The molecule has 1 atom stereocenters. The number of nitrogens with zero attached hydrogens (tertiary/aromatic N) is 2. The normalized spacial score (nSPS) is 17.0. The number of carbonyl (C=O) groups excluding carboxylic acids is 1. The van der Waals surface area contributed by atoms with Crippen molar-refractivity contribution in [2.75, 3.05) is 0 Å². The minimum absolute atomic E-state index is 0.0412. The number of aromatic nitrogens is 2. The lowest BCUT2D eigenvalue weighted by atomic mass is 10.1. The molecule has 2 aliphatic carbocycles. The molecule has 1 saturated carbocycles. The molecule has 32 heavy (non-hydrogen) atoms. The maximum Gasteiger partial charge on any atom is 0.263 e. The minimum atomic E-state index is -0.297. The van der Waals surface area contributed by atoms with E-state index in [0.717, 1.165) is 48.7 Å². The second kappa shape index (κ2) is 9.40. The summed E-state index contributed by atoms with van der Waals surface area (Å²) in [6, 6.07) is 10.5. The summed E-state index contributed by atoms with van der Waals surface area (Å²) < 4.78 is 1.81. The zero-order valence-electron chi connectivity index (χ0n) is 18.4. The lowest BCUT2D eigenvalue weighted by Crippen LogP contribution is -2.38. The Kier molecular flexibility index (Phi) is 6.37. The summed E-state index contributed by atoms with van der Waals surface area (Å²) in [5.41, 5.74) is 2.45. The zero-order valence-corrected chi connectivity index (χ0v) is 20.1. The first-order valence-electron chi connectivity index (χ1n) is 11.7. The van der Waals surface area contributed by atoms with E-state index in [-0.39, 0.29) is 16.7 Å². The van der Waals surface area contributed by atoms with Crippen LogP contribution in [0.5, 0.6) is 0 Å². The minimum Gasteiger partial charge on any atom is -0.352 e. The second-order valence-corrected chi connectivity index (χ2v) is 11.3. The Morgan fingerprint density at radius 2 is 2.00 bits per heavy atom. The fourth-order valence-corrected chi connectivity index (χ4v) is 7.08. The van der Waals surface area contributed by atoms with Gasteiger partial charge in [0.2, 0.25) is 5.91 Å². The van der Waals surface area contributed by atoms with Crippen molar-refractivity contribution in [3.63, 3.8) is 0 Å². The van der Waals surface area contributed by atoms with E-state index in [0.29, 0.717) is 17.7 Å². The molecule has 5 rings (SSSR count). The fourth-order valence-electron chi connectivity index (χ4n) is 4.83. The van der Waals surface area contributed by atoms with E-state index in [1.165, 1.54) is 40.6 Å². The molecule has 7 heteroatoms. The monoisotopic (exact) mass is 467 g/mol. The first-order chi connectivity index (χ1) is 15.6. The molecule has 0 aliphatic heterocycles. The topological polar surface area (TPSA) is 64.0 Å². The van der Waals surface area contributed by atoms with E-state index in [1.807, 2.05) is 29.7 Å². The van der Waals surface area contributed by atoms with Crippen LogP contribution in [0.2, 0.25) is 0 Å². The van der Waals surface area contributed by atoms with Gasteiger partial charge in [-0.2, -0.15) is 0 Å². The number of hydrogen-bond acceptors (Lipinski definition) is 5. The molecule has 2 aromatic heterocycles. The largest absolute Gasteiger partial charge is 0.352 e. The number of carbonyl (C=O) groups is 1. The van der Waals surface area contributed by atoms with Gasteiger partial charge in [-0.1, -0.05) is 54.9 Å². The van der Waals surface area contributed by atoms with Crippen LogP contribution in [0, 0.1) is 0 Å². The van der Waals surface area contributed by atoms with E-state index in [1.54, 1.807) is 11.3 Å². The number of fused-ring (bicyclic) bond motifs is 3. The molecule has 2 aliphatic rings. The van der Waals surface area contributed by atoms with E-state index < -0.39 is 0 Å². The molecule has 3 aromatic rings. The summed E-state index contributed by atoms with van der Waals surface area (Å²) >= 11 is 3.07. The van der Waals surface area contributed by atoms with Gasteiger partial charge in [-0.05, 0) is 56.6 Å². The molecule has 0 saturated heterocycles. The summed E-state index contributed by atoms with van der Waals surface area (Å²) in [5, 5.41) is 4.36. The number of thioether (sulfide) groups is 1. The smallest absolute Gasteiger partial charge is 0.263 e. The predicted molar refractivity (Wildman–Crippen MR) is 132 cm³/mol. The van der Waals surface area contributed by atoms with Gasteiger partial charge in [0, 0.05) is 17.5 Å². The molecule has 168 valence electrons. The SMILES string of the molecule is CC(Sc1nc2sc3c(c2c(=O)n1CCc1ccccc1)CCC3)C(=O)NC1CCCC1. The van der Waals surface area contributed by atoms with Gasteiger partial charge in [0.05, 0.1) is 10.6 Å². The second-order valence-electron chi connectivity index (χ2n) is 8.87. The van der Waals surface area contributed by atoms with E-state index >= 15 is 0 Å². The number of thiophene rings is 1. The van der Waals surface area contributed by atoms with Crippen molar-refractivity contribution in [3.8, 4) is 0 Å². The quantitative estimate of drug-likeness (QED) is 0.403.